The Balaban J connectivity index is 1.60. The summed E-state index contributed by atoms with van der Waals surface area (Å²) in [7, 11) is 1.62. The van der Waals surface area contributed by atoms with E-state index in [1.165, 1.54) is 11.3 Å². The van der Waals surface area contributed by atoms with Gasteiger partial charge in [-0.15, -0.1) is 11.3 Å². The lowest BCUT2D eigenvalue weighted by Crippen LogP contribution is -2.10. The lowest BCUT2D eigenvalue weighted by molar-refractivity contribution is 0.103. The molecule has 2 aromatic carbocycles. The van der Waals surface area contributed by atoms with Crippen LogP contribution in [0.1, 0.15) is 15.2 Å². The van der Waals surface area contributed by atoms with E-state index in [-0.39, 0.29) is 5.91 Å². The van der Waals surface area contributed by atoms with Gasteiger partial charge in [-0.05, 0) is 53.9 Å². The molecule has 0 aliphatic rings. The number of ether oxygens (including phenoxy) is 2. The summed E-state index contributed by atoms with van der Waals surface area (Å²) in [6.07, 6.45) is 0. The summed E-state index contributed by atoms with van der Waals surface area (Å²) in [5.41, 5.74) is 1.47. The first kappa shape index (κ1) is 18.6. The van der Waals surface area contributed by atoms with Crippen LogP contribution < -0.4 is 14.8 Å². The first-order valence-electron chi connectivity index (χ1n) is 7.65. The number of nitrogens with one attached hydrogen (secondary N) is 1. The van der Waals surface area contributed by atoms with Gasteiger partial charge in [-0.3, -0.25) is 4.79 Å². The highest BCUT2D eigenvalue weighted by Gasteiger charge is 2.11. The Bertz CT molecular complexity index is 889. The molecule has 3 aromatic rings. The third-order valence-corrected chi connectivity index (χ3v) is 4.88. The predicted molar refractivity (Wildman–Crippen MR) is 106 cm³/mol. The smallest absolute Gasteiger partial charge is 0.265 e. The van der Waals surface area contributed by atoms with E-state index in [0.717, 1.165) is 17.1 Å². The van der Waals surface area contributed by atoms with Crippen molar-refractivity contribution in [1.82, 2.24) is 0 Å². The molecule has 0 spiro atoms. The largest absolute Gasteiger partial charge is 0.497 e. The van der Waals surface area contributed by atoms with Crippen LogP contribution in [0.3, 0.4) is 0 Å². The molecule has 0 aliphatic carbocycles. The topological polar surface area (TPSA) is 47.6 Å². The fraction of sp³-hybridized carbons (Fsp3) is 0.105. The molecule has 1 amide bonds. The molecule has 0 fully saturated rings. The van der Waals surface area contributed by atoms with Gasteiger partial charge < -0.3 is 14.8 Å². The van der Waals surface area contributed by atoms with Gasteiger partial charge in [0.2, 0.25) is 0 Å². The van der Waals surface area contributed by atoms with E-state index in [4.69, 9.17) is 32.7 Å². The highest BCUT2D eigenvalue weighted by Crippen LogP contribution is 2.24. The van der Waals surface area contributed by atoms with Crippen molar-refractivity contribution in [3.05, 3.63) is 74.4 Å². The number of hydrogen-bond acceptors (Lipinski definition) is 4. The third-order valence-electron chi connectivity index (χ3n) is 3.46. The van der Waals surface area contributed by atoms with Gasteiger partial charge >= 0.3 is 0 Å². The number of halogens is 2. The Morgan fingerprint density at radius 1 is 1.04 bits per heavy atom. The quantitative estimate of drug-likeness (QED) is 0.553. The molecule has 26 heavy (non-hydrogen) atoms. The first-order chi connectivity index (χ1) is 12.5. The van der Waals surface area contributed by atoms with E-state index in [2.05, 4.69) is 5.32 Å². The van der Waals surface area contributed by atoms with Crippen LogP contribution >= 0.6 is 34.5 Å². The minimum atomic E-state index is -0.218. The van der Waals surface area contributed by atoms with Crippen LogP contribution in [0.25, 0.3) is 0 Å². The second kappa shape index (κ2) is 8.45. The molecule has 3 rings (SSSR count). The Hall–Kier alpha value is -2.21. The van der Waals surface area contributed by atoms with Crippen molar-refractivity contribution in [2.75, 3.05) is 12.4 Å². The van der Waals surface area contributed by atoms with E-state index in [0.29, 0.717) is 27.2 Å². The second-order valence-corrected chi connectivity index (χ2v) is 7.18. The fourth-order valence-corrected chi connectivity index (χ4v) is 3.55. The number of benzene rings is 2. The van der Waals surface area contributed by atoms with Crippen molar-refractivity contribution in [3.63, 3.8) is 0 Å². The van der Waals surface area contributed by atoms with Crippen LogP contribution in [0.5, 0.6) is 11.5 Å². The predicted octanol–water partition coefficient (Wildman–Crippen LogP) is 5.89. The Labute approximate surface area is 165 Å². The number of amides is 1. The average Bonchev–Trinajstić information content (AvgIpc) is 3.08. The van der Waals surface area contributed by atoms with Gasteiger partial charge in [0.05, 0.1) is 12.0 Å². The molecule has 0 radical (unpaired) electrons. The van der Waals surface area contributed by atoms with E-state index in [9.17, 15) is 4.79 Å². The van der Waals surface area contributed by atoms with Crippen LogP contribution in [0.15, 0.2) is 53.9 Å². The zero-order valence-corrected chi connectivity index (χ0v) is 16.1. The lowest BCUT2D eigenvalue weighted by Gasteiger charge is -2.06. The monoisotopic (exact) mass is 407 g/mol. The number of methoxy groups -OCH3 is 1. The zero-order valence-electron chi connectivity index (χ0n) is 13.8. The summed E-state index contributed by atoms with van der Waals surface area (Å²) in [4.78, 5) is 12.9. The maximum absolute atomic E-state index is 12.4. The van der Waals surface area contributed by atoms with Gasteiger partial charge in [0.15, 0.2) is 0 Å². The maximum Gasteiger partial charge on any atom is 0.265 e. The summed E-state index contributed by atoms with van der Waals surface area (Å²) in [6.45, 7) is 0.374. The summed E-state index contributed by atoms with van der Waals surface area (Å²) < 4.78 is 10.8. The molecule has 4 nitrogen and oxygen atoms in total. The van der Waals surface area contributed by atoms with Crippen LogP contribution in [0, 0.1) is 0 Å². The van der Waals surface area contributed by atoms with Gasteiger partial charge in [-0.2, -0.15) is 0 Å². The van der Waals surface area contributed by atoms with E-state index >= 15 is 0 Å². The molecule has 0 saturated heterocycles. The normalized spacial score (nSPS) is 10.4. The van der Waals surface area contributed by atoms with Crippen LogP contribution in [0.2, 0.25) is 10.0 Å². The van der Waals surface area contributed by atoms with E-state index in [1.807, 2.05) is 29.6 Å². The number of anilines is 1. The van der Waals surface area contributed by atoms with E-state index in [1.54, 1.807) is 31.4 Å². The highest BCUT2D eigenvalue weighted by atomic mass is 35.5. The SMILES string of the molecule is COc1ccc(OCc2csc(C(=O)Nc3cc(Cl)cc(Cl)c3)c2)cc1. The van der Waals surface area contributed by atoms with Crippen LogP contribution in [0.4, 0.5) is 5.69 Å². The number of carbonyl (C=O) groups is 1. The zero-order chi connectivity index (χ0) is 18.5. The molecular weight excluding hydrogens is 393 g/mol. The lowest BCUT2D eigenvalue weighted by atomic mass is 10.3. The van der Waals surface area contributed by atoms with Crippen molar-refractivity contribution in [2.45, 2.75) is 6.61 Å². The first-order valence-corrected chi connectivity index (χ1v) is 9.29. The van der Waals surface area contributed by atoms with Crippen molar-refractivity contribution in [2.24, 2.45) is 0 Å². The third kappa shape index (κ3) is 4.91. The van der Waals surface area contributed by atoms with Crippen LogP contribution in [-0.2, 0) is 6.61 Å². The number of hydrogen-bond donors (Lipinski definition) is 1. The van der Waals surface area contributed by atoms with Crippen molar-refractivity contribution >= 4 is 46.1 Å². The molecular formula is C19H15Cl2NO3S. The standard InChI is InChI=1S/C19H15Cl2NO3S/c1-24-16-2-4-17(5-3-16)25-10-12-6-18(26-11-12)19(23)22-15-8-13(20)7-14(21)9-15/h2-9,11H,10H2,1H3,(H,22,23). The number of thiophene rings is 1. The Morgan fingerprint density at radius 3 is 2.35 bits per heavy atom. The van der Waals surface area contributed by atoms with Crippen LogP contribution in [-0.4, -0.2) is 13.0 Å². The van der Waals surface area contributed by atoms with Gasteiger partial charge in [0.25, 0.3) is 5.91 Å². The molecule has 1 heterocycles. The minimum Gasteiger partial charge on any atom is -0.497 e. The average molecular weight is 408 g/mol. The summed E-state index contributed by atoms with van der Waals surface area (Å²) in [5, 5.41) is 5.61. The summed E-state index contributed by atoms with van der Waals surface area (Å²) >= 11 is 13.2. The highest BCUT2D eigenvalue weighted by molar-refractivity contribution is 7.12. The van der Waals surface area contributed by atoms with Gasteiger partial charge in [0.1, 0.15) is 18.1 Å². The van der Waals surface area contributed by atoms with E-state index < -0.39 is 0 Å². The molecule has 1 N–H and O–H groups in total. The molecule has 7 heteroatoms. The van der Waals surface area contributed by atoms with Gasteiger partial charge in [-0.1, -0.05) is 23.2 Å². The fourth-order valence-electron chi connectivity index (χ4n) is 2.23. The second-order valence-electron chi connectivity index (χ2n) is 5.40. The summed E-state index contributed by atoms with van der Waals surface area (Å²) in [6, 6.07) is 14.0. The Kier molecular flexibility index (Phi) is 6.04. The molecule has 0 atom stereocenters. The van der Waals surface area contributed by atoms with Crippen molar-refractivity contribution in [1.29, 1.82) is 0 Å². The minimum absolute atomic E-state index is 0.218. The van der Waals surface area contributed by atoms with Crippen molar-refractivity contribution in [3.8, 4) is 11.5 Å². The maximum atomic E-state index is 12.4. The molecule has 0 saturated carbocycles. The van der Waals surface area contributed by atoms with Gasteiger partial charge in [0, 0.05) is 21.3 Å². The number of carbonyl (C=O) groups excluding carboxylic acids is 1. The van der Waals surface area contributed by atoms with Gasteiger partial charge in [-0.25, -0.2) is 0 Å². The molecule has 0 aliphatic heterocycles. The molecule has 1 aromatic heterocycles. The summed E-state index contributed by atoms with van der Waals surface area (Å²) in [5.74, 6) is 1.29. The molecule has 0 bridgehead atoms. The van der Waals surface area contributed by atoms with Crippen molar-refractivity contribution < 1.29 is 14.3 Å². The number of rotatable bonds is 6. The molecule has 134 valence electrons. The molecule has 0 unspecified atom stereocenters. The Morgan fingerprint density at radius 2 is 1.69 bits per heavy atom.